The fourth-order valence-electron chi connectivity index (χ4n) is 8.98. The molecule has 4 rings (SSSR count). The maximum Gasteiger partial charge on any atom is 0.0577 e. The summed E-state index contributed by atoms with van der Waals surface area (Å²) in [5.41, 5.74) is 4.21. The summed E-state index contributed by atoms with van der Waals surface area (Å²) in [5.74, 6) is 5.15. The lowest BCUT2D eigenvalue weighted by Crippen LogP contribution is -2.50. The number of allylic oxidation sites excluding steroid dienone is 3. The van der Waals surface area contributed by atoms with E-state index < -0.39 is 0 Å². The van der Waals surface area contributed by atoms with Crippen molar-refractivity contribution in [1.82, 2.24) is 0 Å². The smallest absolute Gasteiger partial charge is 0.0577 e. The highest BCUT2D eigenvalue weighted by molar-refractivity contribution is 5.25. The predicted octanol–water partition coefficient (Wildman–Crippen LogP) is 7.94. The van der Waals surface area contributed by atoms with E-state index in [0.717, 1.165) is 42.4 Å². The van der Waals surface area contributed by atoms with Crippen LogP contribution in [0.15, 0.2) is 23.3 Å². The first-order valence-corrected chi connectivity index (χ1v) is 13.2. The van der Waals surface area contributed by atoms with Gasteiger partial charge in [-0.15, -0.1) is 0 Å². The second-order valence-electron chi connectivity index (χ2n) is 12.4. The Morgan fingerprint density at radius 3 is 2.57 bits per heavy atom. The molecular formula is C29H48O. The third kappa shape index (κ3) is 3.66. The van der Waals surface area contributed by atoms with Crippen molar-refractivity contribution in [1.29, 1.82) is 0 Å². The molecule has 0 heterocycles. The van der Waals surface area contributed by atoms with Gasteiger partial charge in [0.15, 0.2) is 0 Å². The van der Waals surface area contributed by atoms with Crippen LogP contribution in [0.25, 0.3) is 0 Å². The highest BCUT2D eigenvalue weighted by atomic mass is 16.3. The highest BCUT2D eigenvalue weighted by Gasteiger charge is 2.59. The minimum atomic E-state index is -0.0839. The zero-order chi connectivity index (χ0) is 21.7. The Morgan fingerprint density at radius 1 is 1.10 bits per heavy atom. The molecule has 0 aromatic heterocycles. The molecule has 1 nitrogen and oxygen atoms in total. The highest BCUT2D eigenvalue weighted by Crippen LogP contribution is 2.67. The summed E-state index contributed by atoms with van der Waals surface area (Å²) in [6, 6.07) is 0. The molecule has 0 aliphatic heterocycles. The van der Waals surface area contributed by atoms with Crippen LogP contribution in [0.1, 0.15) is 106 Å². The van der Waals surface area contributed by atoms with E-state index in [1.807, 2.05) is 0 Å². The van der Waals surface area contributed by atoms with Gasteiger partial charge in [-0.25, -0.2) is 0 Å². The summed E-state index contributed by atoms with van der Waals surface area (Å²) < 4.78 is 0. The SMILES string of the molecule is CC=C(CC[C@@H](C)[C@H]1CC[C@@H]2[C@H]3CC=C4C[C@@H](O)CC[C@]4(C)[C@@H]3CC[C@@]21C)C(C)C. The lowest BCUT2D eigenvalue weighted by atomic mass is 9.47. The van der Waals surface area contributed by atoms with Crippen molar-refractivity contribution in [3.63, 3.8) is 0 Å². The van der Waals surface area contributed by atoms with Crippen molar-refractivity contribution in [3.8, 4) is 0 Å². The Balaban J connectivity index is 1.49. The third-order valence-electron chi connectivity index (χ3n) is 10.8. The van der Waals surface area contributed by atoms with E-state index in [9.17, 15) is 5.11 Å². The average molecular weight is 413 g/mol. The van der Waals surface area contributed by atoms with Crippen LogP contribution in [0.5, 0.6) is 0 Å². The van der Waals surface area contributed by atoms with Crippen LogP contribution in [0.2, 0.25) is 0 Å². The van der Waals surface area contributed by atoms with E-state index >= 15 is 0 Å². The first kappa shape index (κ1) is 22.6. The van der Waals surface area contributed by atoms with Crippen LogP contribution in [0, 0.1) is 46.3 Å². The predicted molar refractivity (Wildman–Crippen MR) is 128 cm³/mol. The van der Waals surface area contributed by atoms with E-state index in [2.05, 4.69) is 53.7 Å². The fraction of sp³-hybridized carbons (Fsp3) is 0.862. The van der Waals surface area contributed by atoms with Gasteiger partial charge in [-0.3, -0.25) is 0 Å². The number of aliphatic hydroxyl groups is 1. The van der Waals surface area contributed by atoms with Gasteiger partial charge in [-0.05, 0) is 117 Å². The van der Waals surface area contributed by atoms with Crippen LogP contribution in [0.4, 0.5) is 0 Å². The molecule has 170 valence electrons. The van der Waals surface area contributed by atoms with Gasteiger partial charge in [0.1, 0.15) is 0 Å². The molecule has 1 heteroatoms. The van der Waals surface area contributed by atoms with Gasteiger partial charge in [0.05, 0.1) is 6.10 Å². The summed E-state index contributed by atoms with van der Waals surface area (Å²) in [7, 11) is 0. The summed E-state index contributed by atoms with van der Waals surface area (Å²) in [5, 5.41) is 10.2. The first-order valence-electron chi connectivity index (χ1n) is 13.2. The fourth-order valence-corrected chi connectivity index (χ4v) is 8.98. The standard InChI is InChI=1S/C29H48O/c1-7-21(19(2)3)9-8-20(4)25-12-13-26-24-11-10-22-18-23(30)14-16-28(22,5)27(24)15-17-29(25,26)6/h7,10,19-20,23-27,30H,8-9,11-18H2,1-6H3/t20-,23+,24-,25-,26-,27-,28+,29-/m1/s1. The molecular weight excluding hydrogens is 364 g/mol. The second-order valence-corrected chi connectivity index (χ2v) is 12.4. The molecule has 3 saturated carbocycles. The maximum absolute atomic E-state index is 10.2. The van der Waals surface area contributed by atoms with Crippen molar-refractivity contribution < 1.29 is 5.11 Å². The Morgan fingerprint density at radius 2 is 1.87 bits per heavy atom. The van der Waals surface area contributed by atoms with Crippen molar-refractivity contribution in [2.24, 2.45) is 46.3 Å². The van der Waals surface area contributed by atoms with Crippen molar-refractivity contribution in [2.75, 3.05) is 0 Å². The molecule has 0 radical (unpaired) electrons. The monoisotopic (exact) mass is 412 g/mol. The van der Waals surface area contributed by atoms with Gasteiger partial charge in [-0.1, -0.05) is 57.9 Å². The van der Waals surface area contributed by atoms with E-state index in [1.165, 1.54) is 51.4 Å². The number of hydrogen-bond acceptors (Lipinski definition) is 1. The lowest BCUT2D eigenvalue weighted by Gasteiger charge is -2.58. The molecule has 0 bridgehead atoms. The van der Waals surface area contributed by atoms with Gasteiger partial charge in [-0.2, -0.15) is 0 Å². The molecule has 0 aromatic carbocycles. The van der Waals surface area contributed by atoms with E-state index in [0.29, 0.717) is 16.7 Å². The largest absolute Gasteiger partial charge is 0.393 e. The molecule has 4 aliphatic rings. The van der Waals surface area contributed by atoms with E-state index in [1.54, 1.807) is 11.1 Å². The quantitative estimate of drug-likeness (QED) is 0.454. The zero-order valence-corrected chi connectivity index (χ0v) is 20.7. The van der Waals surface area contributed by atoms with Crippen molar-refractivity contribution >= 4 is 0 Å². The molecule has 8 atom stereocenters. The number of hydrogen-bond donors (Lipinski definition) is 1. The minimum Gasteiger partial charge on any atom is -0.393 e. The van der Waals surface area contributed by atoms with Crippen LogP contribution >= 0.6 is 0 Å². The van der Waals surface area contributed by atoms with Gasteiger partial charge >= 0.3 is 0 Å². The van der Waals surface area contributed by atoms with Crippen molar-refractivity contribution in [3.05, 3.63) is 23.3 Å². The molecule has 0 saturated heterocycles. The lowest BCUT2D eigenvalue weighted by molar-refractivity contribution is -0.0571. The normalized spacial score (nSPS) is 44.9. The Labute approximate surface area is 186 Å². The summed E-state index contributed by atoms with van der Waals surface area (Å²) in [4.78, 5) is 0. The van der Waals surface area contributed by atoms with Crippen LogP contribution in [-0.4, -0.2) is 11.2 Å². The van der Waals surface area contributed by atoms with Crippen LogP contribution in [0.3, 0.4) is 0 Å². The van der Waals surface area contributed by atoms with Crippen molar-refractivity contribution in [2.45, 2.75) is 112 Å². The molecule has 1 N–H and O–H groups in total. The Kier molecular flexibility index (Phi) is 6.35. The molecule has 0 spiro atoms. The summed E-state index contributed by atoms with van der Waals surface area (Å²) in [6.45, 7) is 14.7. The van der Waals surface area contributed by atoms with E-state index in [-0.39, 0.29) is 6.10 Å². The number of fused-ring (bicyclic) bond motifs is 5. The van der Waals surface area contributed by atoms with Crippen LogP contribution in [-0.2, 0) is 0 Å². The molecule has 4 aliphatic carbocycles. The zero-order valence-electron chi connectivity index (χ0n) is 20.7. The first-order chi connectivity index (χ1) is 14.2. The van der Waals surface area contributed by atoms with Crippen LogP contribution < -0.4 is 0 Å². The van der Waals surface area contributed by atoms with Gasteiger partial charge in [0, 0.05) is 0 Å². The molecule has 0 unspecified atom stereocenters. The van der Waals surface area contributed by atoms with Gasteiger partial charge in [0.2, 0.25) is 0 Å². The Hall–Kier alpha value is -0.560. The average Bonchev–Trinajstić information content (AvgIpc) is 3.06. The topological polar surface area (TPSA) is 20.2 Å². The summed E-state index contributed by atoms with van der Waals surface area (Å²) in [6.07, 6.45) is 17.8. The third-order valence-corrected chi connectivity index (χ3v) is 10.8. The number of rotatable bonds is 5. The molecule has 3 fully saturated rings. The summed E-state index contributed by atoms with van der Waals surface area (Å²) >= 11 is 0. The minimum absolute atomic E-state index is 0.0839. The van der Waals surface area contributed by atoms with Gasteiger partial charge < -0.3 is 5.11 Å². The molecule has 0 aromatic rings. The molecule has 30 heavy (non-hydrogen) atoms. The molecule has 0 amide bonds. The maximum atomic E-state index is 10.2. The van der Waals surface area contributed by atoms with E-state index in [4.69, 9.17) is 0 Å². The Bertz CT molecular complexity index is 686. The van der Waals surface area contributed by atoms with Gasteiger partial charge in [0.25, 0.3) is 0 Å². The second kappa shape index (κ2) is 8.42. The number of aliphatic hydroxyl groups excluding tert-OH is 1.